The Kier molecular flexibility index (Phi) is 5.35. The summed E-state index contributed by atoms with van der Waals surface area (Å²) >= 11 is 0. The number of nitrogens with one attached hydrogen (secondary N) is 2. The number of carbonyl (C=O) groups is 2. The number of nitrogens with zero attached hydrogens (tertiary/aromatic N) is 3. The van der Waals surface area contributed by atoms with Crippen molar-refractivity contribution in [2.45, 2.75) is 32.9 Å². The Morgan fingerprint density at radius 3 is 3.00 bits per heavy atom. The quantitative estimate of drug-likeness (QED) is 0.693. The highest BCUT2D eigenvalue weighted by molar-refractivity contribution is 5.97. The number of H-pyrrole nitrogens is 1. The number of benzene rings is 1. The van der Waals surface area contributed by atoms with Gasteiger partial charge < -0.3 is 24.5 Å². The summed E-state index contributed by atoms with van der Waals surface area (Å²) in [5.74, 6) is -0.221. The first kappa shape index (κ1) is 19.2. The lowest BCUT2D eigenvalue weighted by Crippen LogP contribution is -2.50. The van der Waals surface area contributed by atoms with Gasteiger partial charge in [0.25, 0.3) is 5.91 Å². The van der Waals surface area contributed by atoms with Crippen LogP contribution in [0.5, 0.6) is 0 Å². The first-order chi connectivity index (χ1) is 14.0. The van der Waals surface area contributed by atoms with Gasteiger partial charge in [0.2, 0.25) is 5.91 Å². The number of morpholine rings is 1. The number of fused-ring (bicyclic) bond motifs is 1. The van der Waals surface area contributed by atoms with E-state index in [4.69, 9.17) is 4.74 Å². The summed E-state index contributed by atoms with van der Waals surface area (Å²) in [7, 11) is 0. The standard InChI is InChI=1S/C21H25N5O3/c1-14-15(2)23-18-4-3-16(11-17(14)18)24-21(28)19-12-26(9-10-29-19)20(27)5-7-25-8-6-22-13-25/h3-4,6,8,11,13,19,23H,5,7,9-10,12H2,1-2H3,(H,24,28). The van der Waals surface area contributed by atoms with Crippen molar-refractivity contribution >= 4 is 28.4 Å². The topological polar surface area (TPSA) is 92.2 Å². The number of rotatable bonds is 5. The molecule has 1 aromatic carbocycles. The molecule has 2 aromatic heterocycles. The number of ether oxygens (including phenoxy) is 1. The molecule has 0 aliphatic carbocycles. The highest BCUT2D eigenvalue weighted by atomic mass is 16.5. The van der Waals surface area contributed by atoms with Crippen LogP contribution < -0.4 is 5.32 Å². The average molecular weight is 395 g/mol. The van der Waals surface area contributed by atoms with E-state index in [2.05, 4.69) is 22.2 Å². The van der Waals surface area contributed by atoms with E-state index in [-0.39, 0.29) is 18.4 Å². The summed E-state index contributed by atoms with van der Waals surface area (Å²) in [6.45, 7) is 5.77. The van der Waals surface area contributed by atoms with Crippen LogP contribution in [0.4, 0.5) is 5.69 Å². The molecule has 1 aliphatic heterocycles. The van der Waals surface area contributed by atoms with Crippen LogP contribution in [-0.4, -0.2) is 57.0 Å². The molecule has 1 saturated heterocycles. The molecular weight excluding hydrogens is 370 g/mol. The van der Waals surface area contributed by atoms with Crippen LogP contribution in [0.2, 0.25) is 0 Å². The lowest BCUT2D eigenvalue weighted by atomic mass is 10.1. The molecule has 2 amide bonds. The zero-order valence-corrected chi connectivity index (χ0v) is 16.6. The fraction of sp³-hybridized carbons (Fsp3) is 0.381. The fourth-order valence-electron chi connectivity index (χ4n) is 3.60. The highest BCUT2D eigenvalue weighted by Gasteiger charge is 2.29. The van der Waals surface area contributed by atoms with Crippen LogP contribution in [-0.2, 0) is 20.9 Å². The van der Waals surface area contributed by atoms with Crippen LogP contribution in [0.1, 0.15) is 17.7 Å². The maximum absolute atomic E-state index is 12.7. The first-order valence-electron chi connectivity index (χ1n) is 9.76. The van der Waals surface area contributed by atoms with Gasteiger partial charge in [-0.15, -0.1) is 0 Å². The first-order valence-corrected chi connectivity index (χ1v) is 9.76. The van der Waals surface area contributed by atoms with Crippen LogP contribution in [0, 0.1) is 13.8 Å². The van der Waals surface area contributed by atoms with Gasteiger partial charge >= 0.3 is 0 Å². The number of imidazole rings is 1. The van der Waals surface area contributed by atoms with Crippen LogP contribution in [0.15, 0.2) is 36.9 Å². The summed E-state index contributed by atoms with van der Waals surface area (Å²) in [4.78, 5) is 34.2. The zero-order chi connectivity index (χ0) is 20.4. The van der Waals surface area contributed by atoms with E-state index in [1.54, 1.807) is 17.4 Å². The molecule has 1 aliphatic rings. The molecule has 1 unspecified atom stereocenters. The van der Waals surface area contributed by atoms with Gasteiger partial charge in [0.05, 0.1) is 19.5 Å². The number of carbonyl (C=O) groups excluding carboxylic acids is 2. The summed E-state index contributed by atoms with van der Waals surface area (Å²) in [6, 6.07) is 5.79. The third-order valence-electron chi connectivity index (χ3n) is 5.43. The Balaban J connectivity index is 1.37. The maximum Gasteiger partial charge on any atom is 0.255 e. The van der Waals surface area contributed by atoms with E-state index >= 15 is 0 Å². The van der Waals surface area contributed by atoms with Gasteiger partial charge in [-0.3, -0.25) is 9.59 Å². The van der Waals surface area contributed by atoms with E-state index < -0.39 is 6.10 Å². The van der Waals surface area contributed by atoms with E-state index in [1.165, 1.54) is 5.56 Å². The largest absolute Gasteiger partial charge is 0.365 e. The summed E-state index contributed by atoms with van der Waals surface area (Å²) in [6.07, 6.45) is 4.90. The summed E-state index contributed by atoms with van der Waals surface area (Å²) in [5.41, 5.74) is 4.04. The van der Waals surface area contributed by atoms with Gasteiger partial charge in [-0.2, -0.15) is 0 Å². The predicted octanol–water partition coefficient (Wildman–Crippen LogP) is 2.24. The third-order valence-corrected chi connectivity index (χ3v) is 5.43. The van der Waals surface area contributed by atoms with E-state index in [1.807, 2.05) is 35.9 Å². The number of aryl methyl sites for hydroxylation is 3. The molecule has 152 valence electrons. The predicted molar refractivity (Wildman–Crippen MR) is 110 cm³/mol. The van der Waals surface area contributed by atoms with Crippen molar-refractivity contribution in [3.63, 3.8) is 0 Å². The molecule has 3 heterocycles. The number of aromatic nitrogens is 3. The van der Waals surface area contributed by atoms with Gasteiger partial charge in [-0.1, -0.05) is 0 Å². The van der Waals surface area contributed by atoms with Crippen molar-refractivity contribution in [1.82, 2.24) is 19.4 Å². The minimum absolute atomic E-state index is 0.0136. The number of amides is 2. The van der Waals surface area contributed by atoms with Crippen molar-refractivity contribution in [3.8, 4) is 0 Å². The lowest BCUT2D eigenvalue weighted by molar-refractivity contribution is -0.144. The second kappa shape index (κ2) is 8.08. The van der Waals surface area contributed by atoms with Crippen molar-refractivity contribution in [2.24, 2.45) is 0 Å². The van der Waals surface area contributed by atoms with Crippen molar-refractivity contribution < 1.29 is 14.3 Å². The van der Waals surface area contributed by atoms with Gasteiger partial charge in [0, 0.05) is 54.2 Å². The Morgan fingerprint density at radius 1 is 1.34 bits per heavy atom. The number of hydrogen-bond donors (Lipinski definition) is 2. The smallest absolute Gasteiger partial charge is 0.255 e. The monoisotopic (exact) mass is 395 g/mol. The average Bonchev–Trinajstić information content (AvgIpc) is 3.35. The normalized spacial score (nSPS) is 16.9. The maximum atomic E-state index is 12.7. The lowest BCUT2D eigenvalue weighted by Gasteiger charge is -2.32. The van der Waals surface area contributed by atoms with Crippen LogP contribution in [0.25, 0.3) is 10.9 Å². The van der Waals surface area contributed by atoms with Gasteiger partial charge in [0.15, 0.2) is 6.10 Å². The molecule has 0 radical (unpaired) electrons. The Labute approximate surface area is 168 Å². The van der Waals surface area contributed by atoms with Crippen LogP contribution in [0.3, 0.4) is 0 Å². The van der Waals surface area contributed by atoms with Crippen LogP contribution >= 0.6 is 0 Å². The van der Waals surface area contributed by atoms with E-state index in [0.29, 0.717) is 26.1 Å². The van der Waals surface area contributed by atoms with Crippen molar-refractivity contribution in [1.29, 1.82) is 0 Å². The molecular formula is C21H25N5O3. The third kappa shape index (κ3) is 4.17. The Hall–Kier alpha value is -3.13. The second-order valence-corrected chi connectivity index (χ2v) is 7.37. The van der Waals surface area contributed by atoms with Gasteiger partial charge in [-0.05, 0) is 37.6 Å². The molecule has 0 bridgehead atoms. The molecule has 8 heteroatoms. The molecule has 1 atom stereocenters. The molecule has 4 rings (SSSR count). The van der Waals surface area contributed by atoms with Gasteiger partial charge in [0.1, 0.15) is 0 Å². The minimum atomic E-state index is -0.675. The SMILES string of the molecule is Cc1[nH]c2ccc(NC(=O)C3CN(C(=O)CCn4ccnc4)CCO3)cc2c1C. The number of anilines is 1. The Bertz CT molecular complexity index is 1020. The minimum Gasteiger partial charge on any atom is -0.365 e. The Morgan fingerprint density at radius 2 is 2.21 bits per heavy atom. The molecule has 2 N–H and O–H groups in total. The molecule has 8 nitrogen and oxygen atoms in total. The second-order valence-electron chi connectivity index (χ2n) is 7.37. The molecule has 0 spiro atoms. The summed E-state index contributed by atoms with van der Waals surface area (Å²) in [5, 5.41) is 4.01. The van der Waals surface area contributed by atoms with E-state index in [9.17, 15) is 9.59 Å². The van der Waals surface area contributed by atoms with Crippen molar-refractivity contribution in [3.05, 3.63) is 48.2 Å². The molecule has 1 fully saturated rings. The van der Waals surface area contributed by atoms with Crippen molar-refractivity contribution in [2.75, 3.05) is 25.0 Å². The highest BCUT2D eigenvalue weighted by Crippen LogP contribution is 2.24. The number of aromatic amines is 1. The summed E-state index contributed by atoms with van der Waals surface area (Å²) < 4.78 is 7.50. The molecule has 29 heavy (non-hydrogen) atoms. The van der Waals surface area contributed by atoms with E-state index in [0.717, 1.165) is 22.3 Å². The zero-order valence-electron chi connectivity index (χ0n) is 16.6. The number of hydrogen-bond acceptors (Lipinski definition) is 4. The molecule has 3 aromatic rings. The fourth-order valence-corrected chi connectivity index (χ4v) is 3.60. The molecule has 0 saturated carbocycles. The van der Waals surface area contributed by atoms with Gasteiger partial charge in [-0.25, -0.2) is 4.98 Å².